The number of hydrogen-bond donors (Lipinski definition) is 0. The highest BCUT2D eigenvalue weighted by atomic mass is 15.1. The summed E-state index contributed by atoms with van der Waals surface area (Å²) in [5.74, 6) is 0. The Morgan fingerprint density at radius 1 is 0.393 bits per heavy atom. The molecule has 0 amide bonds. The predicted molar refractivity (Wildman–Crippen MR) is 236 cm³/mol. The maximum atomic E-state index is 2.52. The molecule has 8 aromatic carbocycles. The molecule has 56 heavy (non-hydrogen) atoms. The van der Waals surface area contributed by atoms with Crippen molar-refractivity contribution < 1.29 is 0 Å². The van der Waals surface area contributed by atoms with Crippen molar-refractivity contribution in [2.75, 3.05) is 4.90 Å². The van der Waals surface area contributed by atoms with Crippen molar-refractivity contribution in [1.82, 2.24) is 4.57 Å². The quantitative estimate of drug-likeness (QED) is 0.172. The first-order chi connectivity index (χ1) is 27.3. The molecule has 11 rings (SSSR count). The smallest absolute Gasteiger partial charge is 0.0547 e. The Kier molecular flexibility index (Phi) is 6.98. The van der Waals surface area contributed by atoms with Gasteiger partial charge in [0.1, 0.15) is 0 Å². The number of aromatic nitrogens is 1. The van der Waals surface area contributed by atoms with Crippen LogP contribution in [0.3, 0.4) is 0 Å². The molecule has 2 aliphatic rings. The number of rotatable bonds is 5. The van der Waals surface area contributed by atoms with Gasteiger partial charge in [-0.3, -0.25) is 0 Å². The average Bonchev–Trinajstić information content (AvgIpc) is 3.78. The SMILES string of the molecule is CC1(C)c2ccccc2-c2ccc(N(c3cccc(-c4ccc5c6ccccc6n(-c6ccccc6)c5c4)c3)c3cccc4c3C(C)(C)c3ccccc3-4)cc21. The molecule has 0 N–H and O–H groups in total. The third kappa shape index (κ3) is 4.62. The van der Waals surface area contributed by atoms with E-state index >= 15 is 0 Å². The van der Waals surface area contributed by atoms with E-state index in [9.17, 15) is 0 Å². The van der Waals surface area contributed by atoms with Crippen molar-refractivity contribution in [2.45, 2.75) is 38.5 Å². The van der Waals surface area contributed by atoms with Gasteiger partial charge in [-0.25, -0.2) is 0 Å². The lowest BCUT2D eigenvalue weighted by atomic mass is 9.81. The third-order valence-corrected chi connectivity index (χ3v) is 12.8. The molecule has 1 heterocycles. The van der Waals surface area contributed by atoms with Crippen LogP contribution >= 0.6 is 0 Å². The molecule has 2 nitrogen and oxygen atoms in total. The van der Waals surface area contributed by atoms with E-state index in [1.165, 1.54) is 94.5 Å². The van der Waals surface area contributed by atoms with Gasteiger partial charge in [-0.1, -0.05) is 155 Å². The first-order valence-electron chi connectivity index (χ1n) is 19.8. The Labute approximate surface area is 328 Å². The number of fused-ring (bicyclic) bond motifs is 9. The lowest BCUT2D eigenvalue weighted by Crippen LogP contribution is -2.21. The van der Waals surface area contributed by atoms with Crippen LogP contribution in [-0.2, 0) is 10.8 Å². The predicted octanol–water partition coefficient (Wildman–Crippen LogP) is 14.5. The summed E-state index contributed by atoms with van der Waals surface area (Å²) in [6, 6.07) is 67.5. The van der Waals surface area contributed by atoms with Gasteiger partial charge in [0.2, 0.25) is 0 Å². The number of benzene rings is 8. The summed E-state index contributed by atoms with van der Waals surface area (Å²) in [5, 5.41) is 2.52. The molecule has 2 heteroatoms. The van der Waals surface area contributed by atoms with Crippen LogP contribution in [0, 0.1) is 0 Å². The van der Waals surface area contributed by atoms with Crippen LogP contribution < -0.4 is 4.90 Å². The minimum Gasteiger partial charge on any atom is -0.310 e. The fourth-order valence-electron chi connectivity index (χ4n) is 10.1. The second-order valence-corrected chi connectivity index (χ2v) is 16.6. The van der Waals surface area contributed by atoms with Gasteiger partial charge >= 0.3 is 0 Å². The second kappa shape index (κ2) is 11.9. The zero-order valence-corrected chi connectivity index (χ0v) is 32.2. The van der Waals surface area contributed by atoms with E-state index in [1.54, 1.807) is 0 Å². The van der Waals surface area contributed by atoms with Gasteiger partial charge < -0.3 is 9.47 Å². The van der Waals surface area contributed by atoms with E-state index in [2.05, 4.69) is 219 Å². The van der Waals surface area contributed by atoms with Crippen molar-refractivity contribution >= 4 is 38.9 Å². The van der Waals surface area contributed by atoms with Crippen LogP contribution in [0.5, 0.6) is 0 Å². The highest BCUT2D eigenvalue weighted by Gasteiger charge is 2.40. The van der Waals surface area contributed by atoms with Crippen molar-refractivity contribution in [1.29, 1.82) is 0 Å². The monoisotopic (exact) mass is 718 g/mol. The molecular weight excluding hydrogens is 677 g/mol. The molecule has 0 radical (unpaired) electrons. The Morgan fingerprint density at radius 2 is 1.00 bits per heavy atom. The van der Waals surface area contributed by atoms with Gasteiger partial charge in [-0.05, 0) is 110 Å². The number of nitrogens with zero attached hydrogens (tertiary/aromatic N) is 2. The van der Waals surface area contributed by atoms with Crippen LogP contribution in [-0.4, -0.2) is 4.57 Å². The summed E-state index contributed by atoms with van der Waals surface area (Å²) < 4.78 is 2.40. The maximum absolute atomic E-state index is 2.52. The largest absolute Gasteiger partial charge is 0.310 e. The molecule has 0 saturated carbocycles. The summed E-state index contributed by atoms with van der Waals surface area (Å²) in [6.07, 6.45) is 0. The van der Waals surface area contributed by atoms with Crippen LogP contribution in [0.4, 0.5) is 17.1 Å². The van der Waals surface area contributed by atoms with Gasteiger partial charge in [-0.2, -0.15) is 0 Å². The normalized spacial score (nSPS) is 14.4. The van der Waals surface area contributed by atoms with Gasteiger partial charge in [0, 0.05) is 38.7 Å². The van der Waals surface area contributed by atoms with E-state index in [4.69, 9.17) is 0 Å². The summed E-state index contributed by atoms with van der Waals surface area (Å²) in [6.45, 7) is 9.52. The van der Waals surface area contributed by atoms with E-state index in [0.29, 0.717) is 0 Å². The van der Waals surface area contributed by atoms with E-state index in [-0.39, 0.29) is 10.8 Å². The fraction of sp³-hybridized carbons (Fsp3) is 0.111. The Bertz CT molecular complexity index is 3030. The van der Waals surface area contributed by atoms with Crippen molar-refractivity contribution in [3.8, 4) is 39.1 Å². The minimum absolute atomic E-state index is 0.115. The Hall–Kier alpha value is -6.64. The molecule has 0 spiro atoms. The topological polar surface area (TPSA) is 8.17 Å². The molecule has 0 fully saturated rings. The van der Waals surface area contributed by atoms with Crippen LogP contribution in [0.1, 0.15) is 49.9 Å². The maximum Gasteiger partial charge on any atom is 0.0547 e. The second-order valence-electron chi connectivity index (χ2n) is 16.6. The van der Waals surface area contributed by atoms with E-state index in [0.717, 1.165) is 5.69 Å². The lowest BCUT2D eigenvalue weighted by Gasteiger charge is -2.33. The summed E-state index contributed by atoms with van der Waals surface area (Å²) in [5.41, 5.74) is 20.0. The average molecular weight is 719 g/mol. The van der Waals surface area contributed by atoms with Crippen LogP contribution in [0.25, 0.3) is 60.9 Å². The highest BCUT2D eigenvalue weighted by Crippen LogP contribution is 2.56. The van der Waals surface area contributed by atoms with Gasteiger partial charge in [0.05, 0.1) is 16.7 Å². The van der Waals surface area contributed by atoms with Gasteiger partial charge in [0.15, 0.2) is 0 Å². The summed E-state index contributed by atoms with van der Waals surface area (Å²) in [4.78, 5) is 2.52. The number of anilines is 3. The van der Waals surface area contributed by atoms with E-state index < -0.39 is 0 Å². The number of para-hydroxylation sites is 2. The standard InChI is InChI=1S/C54H42N2/c1-53(2)46-24-11-8-20-40(46)42-31-29-39(34-48(42)53)55(50-27-15-23-45-41-21-9-12-25-47(41)54(3,4)52(45)50)38-19-14-16-35(32-38)36-28-30-44-43-22-10-13-26-49(43)56(51(44)33-36)37-17-6-5-7-18-37/h5-34H,1-4H3. The first kappa shape index (κ1) is 32.8. The highest BCUT2D eigenvalue weighted by molar-refractivity contribution is 6.10. The molecule has 0 saturated heterocycles. The lowest BCUT2D eigenvalue weighted by molar-refractivity contribution is 0.658. The van der Waals surface area contributed by atoms with Crippen molar-refractivity contribution in [3.05, 3.63) is 204 Å². The molecule has 268 valence electrons. The molecule has 0 unspecified atom stereocenters. The number of hydrogen-bond acceptors (Lipinski definition) is 1. The Morgan fingerprint density at radius 3 is 1.82 bits per heavy atom. The van der Waals surface area contributed by atoms with Crippen molar-refractivity contribution in [3.63, 3.8) is 0 Å². The summed E-state index contributed by atoms with van der Waals surface area (Å²) in [7, 11) is 0. The molecule has 9 aromatic rings. The molecule has 1 aromatic heterocycles. The summed E-state index contributed by atoms with van der Waals surface area (Å²) >= 11 is 0. The van der Waals surface area contributed by atoms with Crippen LogP contribution in [0.2, 0.25) is 0 Å². The Balaban J connectivity index is 1.12. The molecule has 0 bridgehead atoms. The molecule has 0 aliphatic heterocycles. The molecule has 2 aliphatic carbocycles. The zero-order chi connectivity index (χ0) is 37.8. The van der Waals surface area contributed by atoms with Gasteiger partial charge in [-0.15, -0.1) is 0 Å². The van der Waals surface area contributed by atoms with E-state index in [1.807, 2.05) is 0 Å². The van der Waals surface area contributed by atoms with Crippen molar-refractivity contribution in [2.24, 2.45) is 0 Å². The molecular formula is C54H42N2. The minimum atomic E-state index is -0.180. The third-order valence-electron chi connectivity index (χ3n) is 12.8. The van der Waals surface area contributed by atoms with Crippen LogP contribution in [0.15, 0.2) is 182 Å². The zero-order valence-electron chi connectivity index (χ0n) is 32.2. The van der Waals surface area contributed by atoms with Gasteiger partial charge in [0.25, 0.3) is 0 Å². The fourth-order valence-corrected chi connectivity index (χ4v) is 10.1. The first-order valence-corrected chi connectivity index (χ1v) is 19.8. The molecule has 0 atom stereocenters.